The zero-order valence-corrected chi connectivity index (χ0v) is 12.8. The van der Waals surface area contributed by atoms with E-state index >= 15 is 0 Å². The number of ether oxygens (including phenoxy) is 1. The summed E-state index contributed by atoms with van der Waals surface area (Å²) in [6.07, 6.45) is 0.599. The fourth-order valence-electron chi connectivity index (χ4n) is 2.78. The Bertz CT molecular complexity index is 561. The van der Waals surface area contributed by atoms with Crippen LogP contribution < -0.4 is 4.74 Å². The Labute approximate surface area is 128 Å². The van der Waals surface area contributed by atoms with Gasteiger partial charge in [0.15, 0.2) is 0 Å². The van der Waals surface area contributed by atoms with Crippen molar-refractivity contribution in [2.45, 2.75) is 25.8 Å². The molecule has 0 aliphatic carbocycles. The molecule has 1 aromatic carbocycles. The molecule has 1 aliphatic heterocycles. The molecule has 1 aliphatic rings. The second-order valence-electron chi connectivity index (χ2n) is 5.16. The lowest BCUT2D eigenvalue weighted by Crippen LogP contribution is -2.38. The molecule has 2 atom stereocenters. The number of carboxylic acids is 1. The van der Waals surface area contributed by atoms with Crippen LogP contribution in [-0.4, -0.2) is 41.6 Å². The summed E-state index contributed by atoms with van der Waals surface area (Å²) in [7, 11) is 1.53. The molecule has 0 radical (unpaired) electrons. The summed E-state index contributed by atoms with van der Waals surface area (Å²) in [6.45, 7) is 2.23. The molecule has 114 valence electrons. The van der Waals surface area contributed by atoms with Crippen molar-refractivity contribution in [1.29, 1.82) is 0 Å². The first kappa shape index (κ1) is 15.6. The third-order valence-electron chi connectivity index (χ3n) is 4.02. The van der Waals surface area contributed by atoms with E-state index < -0.39 is 11.9 Å². The van der Waals surface area contributed by atoms with Gasteiger partial charge in [-0.05, 0) is 25.5 Å². The molecule has 5 nitrogen and oxygen atoms in total. The predicted octanol–water partition coefficient (Wildman–Crippen LogP) is 2.21. The van der Waals surface area contributed by atoms with Gasteiger partial charge in [0, 0.05) is 23.2 Å². The largest absolute Gasteiger partial charge is 0.496 e. The molecule has 1 N–H and O–H groups in total. The molecule has 2 rings (SSSR count). The maximum atomic E-state index is 12.4. The number of carbonyl (C=O) groups is 2. The van der Waals surface area contributed by atoms with Gasteiger partial charge in [0.1, 0.15) is 5.75 Å². The minimum atomic E-state index is -0.854. The molecule has 1 fully saturated rings. The molecular weight excluding hydrogens is 294 g/mol. The highest BCUT2D eigenvalue weighted by molar-refractivity contribution is 6.31. The number of hydrogen-bond donors (Lipinski definition) is 1. The highest BCUT2D eigenvalue weighted by atomic mass is 35.5. The third-order valence-corrected chi connectivity index (χ3v) is 4.37. The van der Waals surface area contributed by atoms with Gasteiger partial charge in [0.2, 0.25) is 5.91 Å². The first-order chi connectivity index (χ1) is 9.95. The Morgan fingerprint density at radius 1 is 1.48 bits per heavy atom. The number of amides is 1. The number of likely N-dealkylation sites (tertiary alicyclic amines) is 1. The molecule has 1 saturated heterocycles. The Hall–Kier alpha value is -1.75. The van der Waals surface area contributed by atoms with Crippen LogP contribution in [0.1, 0.15) is 18.9 Å². The maximum Gasteiger partial charge on any atom is 0.308 e. The number of methoxy groups -OCH3 is 1. The van der Waals surface area contributed by atoms with Crippen LogP contribution in [0.3, 0.4) is 0 Å². The van der Waals surface area contributed by atoms with E-state index in [1.807, 2.05) is 0 Å². The van der Waals surface area contributed by atoms with Crippen molar-refractivity contribution < 1.29 is 19.4 Å². The first-order valence-electron chi connectivity index (χ1n) is 6.79. The number of rotatable bonds is 4. The van der Waals surface area contributed by atoms with Gasteiger partial charge in [-0.1, -0.05) is 17.7 Å². The molecule has 1 amide bonds. The summed E-state index contributed by atoms with van der Waals surface area (Å²) in [6, 6.07) is 4.92. The van der Waals surface area contributed by atoms with Crippen molar-refractivity contribution in [3.8, 4) is 5.75 Å². The maximum absolute atomic E-state index is 12.4. The SMILES string of the molecule is COc1cccc(Cl)c1CC(=O)N1CCC(C(=O)O)C1C. The topological polar surface area (TPSA) is 66.8 Å². The van der Waals surface area contributed by atoms with E-state index in [0.717, 1.165) is 0 Å². The number of hydrogen-bond acceptors (Lipinski definition) is 3. The van der Waals surface area contributed by atoms with Crippen molar-refractivity contribution in [2.75, 3.05) is 13.7 Å². The van der Waals surface area contributed by atoms with E-state index in [0.29, 0.717) is 29.3 Å². The van der Waals surface area contributed by atoms with Crippen molar-refractivity contribution >= 4 is 23.5 Å². The average molecular weight is 312 g/mol. The van der Waals surface area contributed by atoms with Crippen LogP contribution in [0, 0.1) is 5.92 Å². The van der Waals surface area contributed by atoms with E-state index in [2.05, 4.69) is 0 Å². The lowest BCUT2D eigenvalue weighted by molar-refractivity contribution is -0.143. The molecule has 0 saturated carbocycles. The number of carboxylic acid groups (broad SMARTS) is 1. The summed E-state index contributed by atoms with van der Waals surface area (Å²) in [4.78, 5) is 25.2. The van der Waals surface area contributed by atoms with E-state index in [-0.39, 0.29) is 18.4 Å². The fourth-order valence-corrected chi connectivity index (χ4v) is 3.01. The number of carbonyl (C=O) groups excluding carboxylic acids is 1. The molecule has 2 unspecified atom stereocenters. The van der Waals surface area contributed by atoms with Crippen LogP contribution in [0.4, 0.5) is 0 Å². The number of aliphatic carboxylic acids is 1. The van der Waals surface area contributed by atoms with Crippen LogP contribution in [0.15, 0.2) is 18.2 Å². The monoisotopic (exact) mass is 311 g/mol. The van der Waals surface area contributed by atoms with Crippen LogP contribution >= 0.6 is 11.6 Å². The second-order valence-corrected chi connectivity index (χ2v) is 5.57. The fraction of sp³-hybridized carbons (Fsp3) is 0.467. The molecule has 1 heterocycles. The highest BCUT2D eigenvalue weighted by Gasteiger charge is 2.38. The summed E-state index contributed by atoms with van der Waals surface area (Å²) >= 11 is 6.13. The standard InChI is InChI=1S/C15H18ClNO4/c1-9-10(15(19)20)6-7-17(9)14(18)8-11-12(16)4-3-5-13(11)21-2/h3-5,9-10H,6-8H2,1-2H3,(H,19,20). The summed E-state index contributed by atoms with van der Waals surface area (Å²) in [5, 5.41) is 9.60. The van der Waals surface area contributed by atoms with Gasteiger partial charge >= 0.3 is 5.97 Å². The summed E-state index contributed by atoms with van der Waals surface area (Å²) < 4.78 is 5.23. The van der Waals surface area contributed by atoms with Gasteiger partial charge in [-0.25, -0.2) is 0 Å². The highest BCUT2D eigenvalue weighted by Crippen LogP contribution is 2.29. The average Bonchev–Trinajstić information content (AvgIpc) is 2.83. The van der Waals surface area contributed by atoms with E-state index in [9.17, 15) is 9.59 Å². The molecular formula is C15H18ClNO4. The van der Waals surface area contributed by atoms with Crippen molar-refractivity contribution in [2.24, 2.45) is 5.92 Å². The van der Waals surface area contributed by atoms with Crippen LogP contribution in [-0.2, 0) is 16.0 Å². The number of benzene rings is 1. The Kier molecular flexibility index (Phi) is 4.73. The second kappa shape index (κ2) is 6.35. The van der Waals surface area contributed by atoms with Crippen molar-refractivity contribution in [3.63, 3.8) is 0 Å². The minimum absolute atomic E-state index is 0.111. The lowest BCUT2D eigenvalue weighted by atomic mass is 10.0. The normalized spacial score (nSPS) is 21.4. The smallest absolute Gasteiger partial charge is 0.308 e. The molecule has 6 heteroatoms. The van der Waals surface area contributed by atoms with Gasteiger partial charge < -0.3 is 14.7 Å². The lowest BCUT2D eigenvalue weighted by Gasteiger charge is -2.24. The van der Waals surface area contributed by atoms with Crippen LogP contribution in [0.2, 0.25) is 5.02 Å². The van der Waals surface area contributed by atoms with Gasteiger partial charge in [-0.15, -0.1) is 0 Å². The van der Waals surface area contributed by atoms with E-state index in [1.54, 1.807) is 30.0 Å². The molecule has 0 aromatic heterocycles. The Morgan fingerprint density at radius 2 is 2.19 bits per heavy atom. The number of halogens is 1. The van der Waals surface area contributed by atoms with Gasteiger partial charge in [0.05, 0.1) is 19.4 Å². The Balaban J connectivity index is 2.15. The van der Waals surface area contributed by atoms with Crippen LogP contribution in [0.5, 0.6) is 5.75 Å². The summed E-state index contributed by atoms with van der Waals surface area (Å²) in [5.41, 5.74) is 0.637. The summed E-state index contributed by atoms with van der Waals surface area (Å²) in [5.74, 6) is -0.912. The predicted molar refractivity (Wildman–Crippen MR) is 78.6 cm³/mol. The van der Waals surface area contributed by atoms with Crippen molar-refractivity contribution in [3.05, 3.63) is 28.8 Å². The molecule has 0 bridgehead atoms. The number of nitrogens with zero attached hydrogens (tertiary/aromatic N) is 1. The zero-order chi connectivity index (χ0) is 15.6. The van der Waals surface area contributed by atoms with Crippen LogP contribution in [0.25, 0.3) is 0 Å². The van der Waals surface area contributed by atoms with Gasteiger partial charge in [-0.2, -0.15) is 0 Å². The molecule has 1 aromatic rings. The molecule has 0 spiro atoms. The first-order valence-corrected chi connectivity index (χ1v) is 7.17. The molecule has 21 heavy (non-hydrogen) atoms. The Morgan fingerprint density at radius 3 is 2.76 bits per heavy atom. The van der Waals surface area contributed by atoms with Gasteiger partial charge in [-0.3, -0.25) is 9.59 Å². The quantitative estimate of drug-likeness (QED) is 0.926. The zero-order valence-electron chi connectivity index (χ0n) is 12.0. The van der Waals surface area contributed by atoms with E-state index in [1.165, 1.54) is 7.11 Å². The van der Waals surface area contributed by atoms with Gasteiger partial charge in [0.25, 0.3) is 0 Å². The van der Waals surface area contributed by atoms with E-state index in [4.69, 9.17) is 21.4 Å². The van der Waals surface area contributed by atoms with Crippen molar-refractivity contribution in [1.82, 2.24) is 4.90 Å². The minimum Gasteiger partial charge on any atom is -0.496 e. The third kappa shape index (κ3) is 3.13.